The first kappa shape index (κ1) is 23.2. The zero-order valence-electron chi connectivity index (χ0n) is 17.6. The van der Waals surface area contributed by atoms with E-state index >= 15 is 0 Å². The predicted octanol–water partition coefficient (Wildman–Crippen LogP) is 5.00. The number of anilines is 2. The van der Waals surface area contributed by atoms with E-state index in [-0.39, 0.29) is 12.5 Å². The topological polar surface area (TPSA) is 112 Å². The van der Waals surface area contributed by atoms with Crippen molar-refractivity contribution in [2.24, 2.45) is 0 Å². The number of aliphatic hydroxyl groups is 1. The number of carbonyl (C=O) groups is 1. The minimum Gasteiger partial charge on any atom is -0.398 e. The van der Waals surface area contributed by atoms with Gasteiger partial charge in [-0.15, -0.1) is 0 Å². The third-order valence-corrected chi connectivity index (χ3v) is 5.69. The minimum atomic E-state index is -0.0745. The van der Waals surface area contributed by atoms with E-state index in [1.54, 1.807) is 18.3 Å². The Bertz CT molecular complexity index is 1100. The number of benzene rings is 2. The van der Waals surface area contributed by atoms with Crippen LogP contribution < -0.4 is 11.1 Å². The van der Waals surface area contributed by atoms with Gasteiger partial charge in [0.2, 0.25) is 5.91 Å². The van der Waals surface area contributed by atoms with Crippen molar-refractivity contribution in [3.63, 3.8) is 0 Å². The highest BCUT2D eigenvalue weighted by Gasteiger charge is 2.10. The fourth-order valence-electron chi connectivity index (χ4n) is 2.98. The molecule has 32 heavy (non-hydrogen) atoms. The molecule has 2 aromatic carbocycles. The quantitative estimate of drug-likeness (QED) is 0.199. The summed E-state index contributed by atoms with van der Waals surface area (Å²) in [7, 11) is 0. The Hall–Kier alpha value is -3.42. The molecule has 5 N–H and O–H groups in total. The standard InChI is InChI=1S/C25H26N4O2S/c26-21(14-11-18-7-3-5-15-28-18)20-13-12-19(17-22(20)27)32-24-9-2-1-8-23(24)29-25(31)10-4-6-16-30/h1-3,5,7-9,11-15,17,26,30H,4,6,10,16,27H2,(H,29,31)/b14-11+,26-21?. The summed E-state index contributed by atoms with van der Waals surface area (Å²) in [5, 5.41) is 20.1. The van der Waals surface area contributed by atoms with Gasteiger partial charge in [0.1, 0.15) is 0 Å². The largest absolute Gasteiger partial charge is 0.398 e. The number of nitrogens with two attached hydrogens (primary N) is 1. The fraction of sp³-hybridized carbons (Fsp3) is 0.160. The molecule has 1 aromatic heterocycles. The number of carbonyl (C=O) groups excluding carboxylic acids is 1. The Balaban J connectivity index is 1.69. The van der Waals surface area contributed by atoms with Crippen molar-refractivity contribution in [3.05, 3.63) is 84.2 Å². The molecule has 3 aromatic rings. The van der Waals surface area contributed by atoms with Gasteiger partial charge >= 0.3 is 0 Å². The number of hydrogen-bond donors (Lipinski definition) is 4. The molecular weight excluding hydrogens is 420 g/mol. The number of allylic oxidation sites excluding steroid dienone is 1. The third kappa shape index (κ3) is 6.80. The maximum atomic E-state index is 12.2. The van der Waals surface area contributed by atoms with Gasteiger partial charge in [-0.25, -0.2) is 0 Å². The normalized spacial score (nSPS) is 10.9. The first-order valence-electron chi connectivity index (χ1n) is 10.3. The Morgan fingerprint density at radius 2 is 1.94 bits per heavy atom. The highest BCUT2D eigenvalue weighted by Crippen LogP contribution is 2.35. The number of nitrogens with one attached hydrogen (secondary N) is 2. The maximum absolute atomic E-state index is 12.2. The van der Waals surface area contributed by atoms with Crippen LogP contribution in [0.5, 0.6) is 0 Å². The number of para-hydroxylation sites is 1. The second-order valence-electron chi connectivity index (χ2n) is 7.08. The van der Waals surface area contributed by atoms with Crippen molar-refractivity contribution in [1.82, 2.24) is 4.98 Å². The van der Waals surface area contributed by atoms with Crippen molar-refractivity contribution in [3.8, 4) is 0 Å². The van der Waals surface area contributed by atoms with E-state index in [9.17, 15) is 4.79 Å². The highest BCUT2D eigenvalue weighted by atomic mass is 32.2. The lowest BCUT2D eigenvalue weighted by Gasteiger charge is -2.12. The predicted molar refractivity (Wildman–Crippen MR) is 131 cm³/mol. The average molecular weight is 447 g/mol. The first-order chi connectivity index (χ1) is 15.6. The zero-order chi connectivity index (χ0) is 22.8. The second kappa shape index (κ2) is 11.8. The van der Waals surface area contributed by atoms with Crippen molar-refractivity contribution in [2.45, 2.75) is 29.1 Å². The summed E-state index contributed by atoms with van der Waals surface area (Å²) in [4.78, 5) is 18.2. The summed E-state index contributed by atoms with van der Waals surface area (Å²) in [5.41, 5.74) is 9.21. The number of nitrogens with zero attached hydrogens (tertiary/aromatic N) is 1. The summed E-state index contributed by atoms with van der Waals surface area (Å²) in [5.74, 6) is -0.0745. The van der Waals surface area contributed by atoms with Gasteiger partial charge in [0, 0.05) is 40.3 Å². The fourth-order valence-corrected chi connectivity index (χ4v) is 3.93. The molecule has 3 rings (SSSR count). The Labute approximate surface area is 192 Å². The number of pyridine rings is 1. The number of nitrogen functional groups attached to an aromatic ring is 1. The minimum absolute atomic E-state index is 0.0745. The summed E-state index contributed by atoms with van der Waals surface area (Å²) < 4.78 is 0. The molecule has 0 bridgehead atoms. The molecular formula is C25H26N4O2S. The molecule has 0 saturated carbocycles. The smallest absolute Gasteiger partial charge is 0.224 e. The molecule has 0 saturated heterocycles. The van der Waals surface area contributed by atoms with Gasteiger partial charge in [-0.05, 0) is 67.5 Å². The molecule has 0 fully saturated rings. The van der Waals surface area contributed by atoms with Crippen LogP contribution in [0.4, 0.5) is 11.4 Å². The molecule has 7 heteroatoms. The van der Waals surface area contributed by atoms with Crippen LogP contribution in [-0.4, -0.2) is 28.3 Å². The number of unbranched alkanes of at least 4 members (excludes halogenated alkanes) is 1. The number of aromatic nitrogens is 1. The molecule has 0 spiro atoms. The van der Waals surface area contributed by atoms with Crippen molar-refractivity contribution in [1.29, 1.82) is 5.41 Å². The molecule has 164 valence electrons. The van der Waals surface area contributed by atoms with E-state index in [4.69, 9.17) is 16.2 Å². The Morgan fingerprint density at radius 1 is 1.12 bits per heavy atom. The molecule has 0 aliphatic heterocycles. The number of amides is 1. The van der Waals surface area contributed by atoms with Crippen LogP contribution in [0.3, 0.4) is 0 Å². The Morgan fingerprint density at radius 3 is 2.69 bits per heavy atom. The van der Waals surface area contributed by atoms with Gasteiger partial charge in [-0.3, -0.25) is 9.78 Å². The van der Waals surface area contributed by atoms with Gasteiger partial charge in [-0.1, -0.05) is 30.0 Å². The van der Waals surface area contributed by atoms with E-state index < -0.39 is 0 Å². The van der Waals surface area contributed by atoms with E-state index in [0.717, 1.165) is 21.2 Å². The maximum Gasteiger partial charge on any atom is 0.224 e. The molecule has 0 atom stereocenters. The summed E-state index contributed by atoms with van der Waals surface area (Å²) in [6.45, 7) is 0.0908. The zero-order valence-corrected chi connectivity index (χ0v) is 18.4. The first-order valence-corrected chi connectivity index (χ1v) is 11.1. The second-order valence-corrected chi connectivity index (χ2v) is 8.19. The van der Waals surface area contributed by atoms with E-state index in [1.807, 2.05) is 60.7 Å². The third-order valence-electron chi connectivity index (χ3n) is 4.62. The number of aliphatic hydroxyl groups excluding tert-OH is 1. The summed E-state index contributed by atoms with van der Waals surface area (Å²) in [6.07, 6.45) is 6.80. The molecule has 6 nitrogen and oxygen atoms in total. The van der Waals surface area contributed by atoms with Gasteiger partial charge < -0.3 is 21.6 Å². The molecule has 1 heterocycles. The van der Waals surface area contributed by atoms with E-state index in [1.165, 1.54) is 11.8 Å². The summed E-state index contributed by atoms with van der Waals surface area (Å²) >= 11 is 1.50. The van der Waals surface area contributed by atoms with Crippen LogP contribution >= 0.6 is 11.8 Å². The average Bonchev–Trinajstić information content (AvgIpc) is 2.80. The molecule has 0 aliphatic carbocycles. The van der Waals surface area contributed by atoms with Gasteiger partial charge in [0.05, 0.1) is 17.1 Å². The highest BCUT2D eigenvalue weighted by molar-refractivity contribution is 7.99. The SMILES string of the molecule is N=C(/C=C/c1ccccn1)c1ccc(Sc2ccccc2NC(=O)CCCCO)cc1N. The number of rotatable bonds is 10. The van der Waals surface area contributed by atoms with Crippen molar-refractivity contribution < 1.29 is 9.90 Å². The van der Waals surface area contributed by atoms with E-state index in [2.05, 4.69) is 10.3 Å². The lowest BCUT2D eigenvalue weighted by molar-refractivity contribution is -0.116. The molecule has 0 unspecified atom stereocenters. The summed E-state index contributed by atoms with van der Waals surface area (Å²) in [6, 6.07) is 18.8. The number of hydrogen-bond acceptors (Lipinski definition) is 6. The van der Waals surface area contributed by atoms with Crippen LogP contribution in [0.2, 0.25) is 0 Å². The van der Waals surface area contributed by atoms with Crippen molar-refractivity contribution >= 4 is 40.8 Å². The molecule has 0 aliphatic rings. The van der Waals surface area contributed by atoms with Gasteiger partial charge in [-0.2, -0.15) is 0 Å². The van der Waals surface area contributed by atoms with Crippen LogP contribution in [0.25, 0.3) is 6.08 Å². The Kier molecular flexibility index (Phi) is 8.60. The van der Waals surface area contributed by atoms with E-state index in [0.29, 0.717) is 36.2 Å². The van der Waals surface area contributed by atoms with Gasteiger partial charge in [0.15, 0.2) is 0 Å². The van der Waals surface area contributed by atoms with Crippen LogP contribution in [0.1, 0.15) is 30.5 Å². The lowest BCUT2D eigenvalue weighted by atomic mass is 10.1. The van der Waals surface area contributed by atoms with Crippen LogP contribution in [-0.2, 0) is 4.79 Å². The molecule has 0 radical (unpaired) electrons. The molecule has 1 amide bonds. The van der Waals surface area contributed by atoms with Crippen LogP contribution in [0, 0.1) is 5.41 Å². The van der Waals surface area contributed by atoms with Crippen molar-refractivity contribution in [2.75, 3.05) is 17.7 Å². The van der Waals surface area contributed by atoms with Gasteiger partial charge in [0.25, 0.3) is 0 Å². The lowest BCUT2D eigenvalue weighted by Crippen LogP contribution is -2.12. The van der Waals surface area contributed by atoms with Crippen LogP contribution in [0.15, 0.2) is 82.7 Å². The monoisotopic (exact) mass is 446 g/mol.